The Morgan fingerprint density at radius 2 is 2.29 bits per heavy atom. The van der Waals surface area contributed by atoms with Crippen molar-refractivity contribution in [3.05, 3.63) is 35.3 Å². The van der Waals surface area contributed by atoms with Gasteiger partial charge in [0, 0.05) is 18.9 Å². The summed E-state index contributed by atoms with van der Waals surface area (Å²) in [5.41, 5.74) is 0. The average Bonchev–Trinajstić information content (AvgIpc) is 2.94. The maximum atomic E-state index is 5.93. The van der Waals surface area contributed by atoms with E-state index < -0.39 is 0 Å². The van der Waals surface area contributed by atoms with Gasteiger partial charge in [0.05, 0.1) is 12.6 Å². The van der Waals surface area contributed by atoms with Crippen molar-refractivity contribution in [3.8, 4) is 0 Å². The molecule has 2 aromatic rings. The summed E-state index contributed by atoms with van der Waals surface area (Å²) >= 11 is 0. The largest absolute Gasteiger partial charge is 0.464 e. The summed E-state index contributed by atoms with van der Waals surface area (Å²) in [4.78, 5) is 0. The summed E-state index contributed by atoms with van der Waals surface area (Å²) in [5, 5.41) is 12.1. The fourth-order valence-electron chi connectivity index (χ4n) is 3.25. The highest BCUT2D eigenvalue weighted by atomic mass is 16.3. The molecule has 112 valence electrons. The molecule has 0 saturated heterocycles. The molecule has 1 N–H and O–H groups in total. The van der Waals surface area contributed by atoms with Crippen LogP contribution in [0.1, 0.15) is 61.8 Å². The van der Waals surface area contributed by atoms with Crippen molar-refractivity contribution in [2.24, 2.45) is 5.92 Å². The predicted molar refractivity (Wildman–Crippen MR) is 78.8 cm³/mol. The molecule has 1 aliphatic carbocycles. The Labute approximate surface area is 124 Å². The first-order chi connectivity index (χ1) is 10.2. The molecule has 1 fully saturated rings. The third kappa shape index (κ3) is 2.39. The van der Waals surface area contributed by atoms with E-state index in [1.807, 2.05) is 0 Å². The fourth-order valence-corrected chi connectivity index (χ4v) is 3.25. The highest BCUT2D eigenvalue weighted by Gasteiger charge is 2.36. The van der Waals surface area contributed by atoms with Gasteiger partial charge < -0.3 is 14.3 Å². The van der Waals surface area contributed by atoms with Crippen molar-refractivity contribution in [1.82, 2.24) is 20.1 Å². The second-order valence-corrected chi connectivity index (χ2v) is 6.46. The van der Waals surface area contributed by atoms with Gasteiger partial charge >= 0.3 is 0 Å². The Balaban J connectivity index is 1.38. The van der Waals surface area contributed by atoms with Crippen molar-refractivity contribution in [2.75, 3.05) is 0 Å². The molecule has 3 unspecified atom stereocenters. The van der Waals surface area contributed by atoms with E-state index in [2.05, 4.69) is 46.1 Å². The Hall–Kier alpha value is -1.62. The van der Waals surface area contributed by atoms with Crippen molar-refractivity contribution in [3.63, 3.8) is 0 Å². The SMILES string of the molecule is CC(NCc1ccc(C2CC2C)o1)c1nnc2n1CCC2. The Kier molecular flexibility index (Phi) is 3.10. The third-order valence-electron chi connectivity index (χ3n) is 4.77. The molecule has 1 saturated carbocycles. The van der Waals surface area contributed by atoms with Gasteiger partial charge in [-0.2, -0.15) is 0 Å². The number of furan rings is 1. The molecule has 4 rings (SSSR count). The van der Waals surface area contributed by atoms with E-state index in [1.54, 1.807) is 0 Å². The molecule has 5 heteroatoms. The van der Waals surface area contributed by atoms with Gasteiger partial charge in [0.1, 0.15) is 23.2 Å². The molecule has 0 spiro atoms. The van der Waals surface area contributed by atoms with Gasteiger partial charge in [-0.25, -0.2) is 0 Å². The number of nitrogens with one attached hydrogen (secondary N) is 1. The van der Waals surface area contributed by atoms with E-state index in [-0.39, 0.29) is 6.04 Å². The van der Waals surface area contributed by atoms with Crippen LogP contribution in [-0.2, 0) is 19.5 Å². The van der Waals surface area contributed by atoms with Crippen LogP contribution in [0, 0.1) is 5.92 Å². The zero-order valence-electron chi connectivity index (χ0n) is 12.7. The van der Waals surface area contributed by atoms with Gasteiger partial charge in [-0.15, -0.1) is 10.2 Å². The van der Waals surface area contributed by atoms with Gasteiger partial charge in [0.2, 0.25) is 0 Å². The second kappa shape index (κ2) is 4.98. The number of aryl methyl sites for hydroxylation is 1. The zero-order valence-corrected chi connectivity index (χ0v) is 12.7. The number of hydrogen-bond acceptors (Lipinski definition) is 4. The summed E-state index contributed by atoms with van der Waals surface area (Å²) in [5.74, 6) is 5.77. The number of rotatable bonds is 5. The van der Waals surface area contributed by atoms with E-state index in [1.165, 1.54) is 12.8 Å². The molecule has 0 radical (unpaired) electrons. The van der Waals surface area contributed by atoms with Crippen LogP contribution in [-0.4, -0.2) is 14.8 Å². The molecule has 3 atom stereocenters. The number of fused-ring (bicyclic) bond motifs is 1. The van der Waals surface area contributed by atoms with Crippen LogP contribution in [0.25, 0.3) is 0 Å². The summed E-state index contributed by atoms with van der Waals surface area (Å²) in [6.07, 6.45) is 3.51. The van der Waals surface area contributed by atoms with E-state index in [0.717, 1.165) is 48.6 Å². The van der Waals surface area contributed by atoms with Crippen LogP contribution in [0.3, 0.4) is 0 Å². The first-order valence-electron chi connectivity index (χ1n) is 7.96. The molecule has 0 aromatic carbocycles. The second-order valence-electron chi connectivity index (χ2n) is 6.46. The van der Waals surface area contributed by atoms with Crippen LogP contribution in [0.15, 0.2) is 16.5 Å². The van der Waals surface area contributed by atoms with Gasteiger partial charge in [-0.05, 0) is 37.8 Å². The van der Waals surface area contributed by atoms with Crippen molar-refractivity contribution in [2.45, 2.75) is 58.2 Å². The number of aromatic nitrogens is 3. The zero-order chi connectivity index (χ0) is 14.4. The minimum absolute atomic E-state index is 0.192. The summed E-state index contributed by atoms with van der Waals surface area (Å²) in [7, 11) is 0. The van der Waals surface area contributed by atoms with E-state index in [9.17, 15) is 0 Å². The van der Waals surface area contributed by atoms with Gasteiger partial charge in [-0.1, -0.05) is 6.92 Å². The Morgan fingerprint density at radius 3 is 3.10 bits per heavy atom. The number of hydrogen-bond donors (Lipinski definition) is 1. The minimum Gasteiger partial charge on any atom is -0.464 e. The summed E-state index contributed by atoms with van der Waals surface area (Å²) < 4.78 is 8.18. The van der Waals surface area contributed by atoms with Crippen LogP contribution in [0.5, 0.6) is 0 Å². The topological polar surface area (TPSA) is 55.9 Å². The molecule has 5 nitrogen and oxygen atoms in total. The molecule has 1 aliphatic heterocycles. The maximum Gasteiger partial charge on any atom is 0.149 e. The first kappa shape index (κ1) is 13.1. The molecule has 21 heavy (non-hydrogen) atoms. The van der Waals surface area contributed by atoms with Crippen LogP contribution in [0.2, 0.25) is 0 Å². The molecule has 0 amide bonds. The van der Waals surface area contributed by atoms with Crippen molar-refractivity contribution in [1.29, 1.82) is 0 Å². The summed E-state index contributed by atoms with van der Waals surface area (Å²) in [6.45, 7) is 6.21. The lowest BCUT2D eigenvalue weighted by Gasteiger charge is -2.12. The normalized spacial score (nSPS) is 25.0. The smallest absolute Gasteiger partial charge is 0.149 e. The molecular formula is C16H22N4O. The molecule has 2 aromatic heterocycles. The predicted octanol–water partition coefficient (Wildman–Crippen LogP) is 2.79. The average molecular weight is 286 g/mol. The molecule has 0 bridgehead atoms. The lowest BCUT2D eigenvalue weighted by molar-refractivity contribution is 0.421. The first-order valence-corrected chi connectivity index (χ1v) is 7.96. The summed E-state index contributed by atoms with van der Waals surface area (Å²) in [6, 6.07) is 4.41. The van der Waals surface area contributed by atoms with Gasteiger partial charge in [0.25, 0.3) is 0 Å². The highest BCUT2D eigenvalue weighted by molar-refractivity contribution is 5.17. The fraction of sp³-hybridized carbons (Fsp3) is 0.625. The Morgan fingerprint density at radius 1 is 1.43 bits per heavy atom. The van der Waals surface area contributed by atoms with Crippen molar-refractivity contribution >= 4 is 0 Å². The quantitative estimate of drug-likeness (QED) is 0.918. The van der Waals surface area contributed by atoms with Crippen molar-refractivity contribution < 1.29 is 4.42 Å². The third-order valence-corrected chi connectivity index (χ3v) is 4.77. The van der Waals surface area contributed by atoms with E-state index >= 15 is 0 Å². The van der Waals surface area contributed by atoms with Crippen LogP contribution >= 0.6 is 0 Å². The van der Waals surface area contributed by atoms with Gasteiger partial charge in [0.15, 0.2) is 0 Å². The number of nitrogens with zero attached hydrogens (tertiary/aromatic N) is 3. The standard InChI is InChI=1S/C16H22N4O/c1-10-8-13(10)14-6-5-12(21-14)9-17-11(2)16-19-18-15-4-3-7-20(15)16/h5-6,10-11,13,17H,3-4,7-9H2,1-2H3. The maximum absolute atomic E-state index is 5.93. The highest BCUT2D eigenvalue weighted by Crippen LogP contribution is 2.47. The minimum atomic E-state index is 0.192. The lowest BCUT2D eigenvalue weighted by Crippen LogP contribution is -2.21. The molecular weight excluding hydrogens is 264 g/mol. The van der Waals surface area contributed by atoms with Crippen LogP contribution < -0.4 is 5.32 Å². The Bertz CT molecular complexity index is 644. The van der Waals surface area contributed by atoms with Crippen LogP contribution in [0.4, 0.5) is 0 Å². The lowest BCUT2D eigenvalue weighted by atomic mass is 10.3. The van der Waals surface area contributed by atoms with E-state index in [4.69, 9.17) is 4.42 Å². The van der Waals surface area contributed by atoms with E-state index in [0.29, 0.717) is 5.92 Å². The van der Waals surface area contributed by atoms with Gasteiger partial charge in [-0.3, -0.25) is 0 Å². The molecule has 2 aliphatic rings. The monoisotopic (exact) mass is 286 g/mol. The molecule has 3 heterocycles.